The molecule has 6 nitrogen and oxygen atoms in total. The van der Waals surface area contributed by atoms with Gasteiger partial charge >= 0.3 is 0 Å². The second kappa shape index (κ2) is 13.3. The van der Waals surface area contributed by atoms with Gasteiger partial charge in [-0.15, -0.1) is 0 Å². The summed E-state index contributed by atoms with van der Waals surface area (Å²) in [7, 11) is 3.87. The van der Waals surface area contributed by atoms with Crippen LogP contribution in [0, 0.1) is 0 Å². The van der Waals surface area contributed by atoms with Crippen LogP contribution in [0.25, 0.3) is 0 Å². The predicted molar refractivity (Wildman–Crippen MR) is 128 cm³/mol. The van der Waals surface area contributed by atoms with Gasteiger partial charge in [-0.1, -0.05) is 48.5 Å². The van der Waals surface area contributed by atoms with Gasteiger partial charge in [-0.25, -0.2) is 0 Å². The van der Waals surface area contributed by atoms with Crippen LogP contribution >= 0.6 is 0 Å². The number of hydrogen-bond acceptors (Lipinski definition) is 5. The molecular weight excluding hydrogens is 402 g/mol. The first kappa shape index (κ1) is 24.4. The molecule has 0 bridgehead atoms. The van der Waals surface area contributed by atoms with Crippen molar-refractivity contribution in [3.8, 4) is 0 Å². The van der Waals surface area contributed by atoms with Crippen molar-refractivity contribution in [1.29, 1.82) is 0 Å². The number of methoxy groups -OCH3 is 1. The summed E-state index contributed by atoms with van der Waals surface area (Å²) in [5.74, 6) is 0.000367. The van der Waals surface area contributed by atoms with E-state index in [9.17, 15) is 4.79 Å². The van der Waals surface area contributed by atoms with Crippen LogP contribution in [0.5, 0.6) is 0 Å². The van der Waals surface area contributed by atoms with Crippen LogP contribution < -0.4 is 5.32 Å². The Morgan fingerprint density at radius 3 is 2.56 bits per heavy atom. The van der Waals surface area contributed by atoms with E-state index in [2.05, 4.69) is 52.5 Å². The molecule has 0 aliphatic carbocycles. The second-order valence-corrected chi connectivity index (χ2v) is 8.48. The molecule has 1 N–H and O–H groups in total. The van der Waals surface area contributed by atoms with Gasteiger partial charge in [-0.3, -0.25) is 14.6 Å². The first-order chi connectivity index (χ1) is 15.7. The SMILES string of the molecule is COCO[C@H]1CCN(C[C@H](c2ccccc2)N(C)CCCCNC(=O)c2ccccc2)C1. The van der Waals surface area contributed by atoms with Crippen molar-refractivity contribution in [3.05, 3.63) is 71.8 Å². The molecule has 3 rings (SSSR count). The van der Waals surface area contributed by atoms with Crippen molar-refractivity contribution in [3.63, 3.8) is 0 Å². The summed E-state index contributed by atoms with van der Waals surface area (Å²) in [5, 5.41) is 3.02. The molecule has 2 aromatic carbocycles. The molecule has 174 valence electrons. The lowest BCUT2D eigenvalue weighted by Gasteiger charge is -2.32. The van der Waals surface area contributed by atoms with Gasteiger partial charge in [-0.2, -0.15) is 0 Å². The Kier molecular flexibility index (Phi) is 10.2. The Morgan fingerprint density at radius 2 is 1.84 bits per heavy atom. The summed E-state index contributed by atoms with van der Waals surface area (Å²) >= 11 is 0. The molecule has 1 aliphatic heterocycles. The van der Waals surface area contributed by atoms with Crippen LogP contribution in [0.2, 0.25) is 0 Å². The number of likely N-dealkylation sites (tertiary alicyclic amines) is 1. The number of unbranched alkanes of at least 4 members (excludes halogenated alkanes) is 1. The van der Waals surface area contributed by atoms with Gasteiger partial charge in [-0.05, 0) is 50.6 Å². The van der Waals surface area contributed by atoms with Crippen LogP contribution in [0.3, 0.4) is 0 Å². The van der Waals surface area contributed by atoms with E-state index in [1.165, 1.54) is 5.56 Å². The van der Waals surface area contributed by atoms with Crippen molar-refractivity contribution in [2.45, 2.75) is 31.4 Å². The lowest BCUT2D eigenvalue weighted by atomic mass is 10.0. The van der Waals surface area contributed by atoms with Crippen molar-refractivity contribution >= 4 is 5.91 Å². The number of carbonyl (C=O) groups is 1. The maximum atomic E-state index is 12.2. The van der Waals surface area contributed by atoms with E-state index in [4.69, 9.17) is 9.47 Å². The van der Waals surface area contributed by atoms with Crippen LogP contribution in [0.4, 0.5) is 0 Å². The molecule has 0 spiro atoms. The number of ether oxygens (including phenoxy) is 2. The van der Waals surface area contributed by atoms with Gasteiger partial charge in [0.05, 0.1) is 6.10 Å². The van der Waals surface area contributed by atoms with E-state index in [0.717, 1.165) is 45.4 Å². The lowest BCUT2D eigenvalue weighted by Crippen LogP contribution is -2.36. The fourth-order valence-electron chi connectivity index (χ4n) is 4.22. The molecule has 1 amide bonds. The van der Waals surface area contributed by atoms with Gasteiger partial charge in [0.25, 0.3) is 5.91 Å². The van der Waals surface area contributed by atoms with Gasteiger partial charge in [0.1, 0.15) is 6.79 Å². The number of rotatable bonds is 13. The van der Waals surface area contributed by atoms with Crippen LogP contribution in [0.15, 0.2) is 60.7 Å². The van der Waals surface area contributed by atoms with E-state index in [1.807, 2.05) is 30.3 Å². The Hall–Kier alpha value is -2.25. The first-order valence-electron chi connectivity index (χ1n) is 11.6. The number of carbonyl (C=O) groups excluding carboxylic acids is 1. The Bertz CT molecular complexity index is 787. The smallest absolute Gasteiger partial charge is 0.251 e. The Morgan fingerprint density at radius 1 is 1.12 bits per heavy atom. The lowest BCUT2D eigenvalue weighted by molar-refractivity contribution is -0.0674. The fraction of sp³-hybridized carbons (Fsp3) is 0.500. The fourth-order valence-corrected chi connectivity index (χ4v) is 4.22. The zero-order valence-electron chi connectivity index (χ0n) is 19.4. The van der Waals surface area contributed by atoms with Crippen LogP contribution in [-0.4, -0.2) is 75.5 Å². The minimum absolute atomic E-state index is 0.000367. The summed E-state index contributed by atoms with van der Waals surface area (Å²) in [6.07, 6.45) is 3.30. The van der Waals surface area contributed by atoms with E-state index in [-0.39, 0.29) is 12.0 Å². The number of benzene rings is 2. The maximum absolute atomic E-state index is 12.2. The molecular formula is C26H37N3O3. The number of nitrogens with zero attached hydrogens (tertiary/aromatic N) is 2. The minimum atomic E-state index is 0.000367. The molecule has 32 heavy (non-hydrogen) atoms. The monoisotopic (exact) mass is 439 g/mol. The van der Waals surface area contributed by atoms with Crippen LogP contribution in [-0.2, 0) is 9.47 Å². The number of hydrogen-bond donors (Lipinski definition) is 1. The molecule has 0 radical (unpaired) electrons. The minimum Gasteiger partial charge on any atom is -0.359 e. The highest BCUT2D eigenvalue weighted by Gasteiger charge is 2.27. The van der Waals surface area contributed by atoms with Gasteiger partial charge in [0.2, 0.25) is 0 Å². The van der Waals surface area contributed by atoms with E-state index < -0.39 is 0 Å². The highest BCUT2D eigenvalue weighted by atomic mass is 16.7. The average Bonchev–Trinajstić information content (AvgIpc) is 3.29. The third-order valence-corrected chi connectivity index (χ3v) is 6.06. The standard InChI is InChI=1S/C26H37N3O3/c1-28(17-10-9-16-27-26(30)23-13-7-4-8-14-23)25(22-11-5-3-6-12-22)20-29-18-15-24(19-29)32-21-31-2/h3-8,11-14,24-25H,9-10,15-21H2,1-2H3,(H,27,30)/t24-,25+/m0/s1. The van der Waals surface area contributed by atoms with E-state index in [1.54, 1.807) is 7.11 Å². The zero-order valence-corrected chi connectivity index (χ0v) is 19.4. The number of likely N-dealkylation sites (N-methyl/N-ethyl adjacent to an activating group) is 1. The molecule has 0 unspecified atom stereocenters. The molecule has 0 saturated carbocycles. The molecule has 0 aromatic heterocycles. The van der Waals surface area contributed by atoms with Crippen molar-refractivity contribution in [2.75, 3.05) is 53.7 Å². The van der Waals surface area contributed by atoms with E-state index in [0.29, 0.717) is 24.9 Å². The molecule has 2 aromatic rings. The summed E-state index contributed by atoms with van der Waals surface area (Å²) in [6, 6.07) is 20.5. The van der Waals surface area contributed by atoms with Crippen molar-refractivity contribution < 1.29 is 14.3 Å². The highest BCUT2D eigenvalue weighted by Crippen LogP contribution is 2.24. The van der Waals surface area contributed by atoms with E-state index >= 15 is 0 Å². The quantitative estimate of drug-likeness (QED) is 0.382. The largest absolute Gasteiger partial charge is 0.359 e. The maximum Gasteiger partial charge on any atom is 0.251 e. The average molecular weight is 440 g/mol. The Balaban J connectivity index is 1.45. The van der Waals surface area contributed by atoms with Crippen molar-refractivity contribution in [1.82, 2.24) is 15.1 Å². The third-order valence-electron chi connectivity index (χ3n) is 6.06. The molecule has 1 fully saturated rings. The number of amides is 1. The first-order valence-corrected chi connectivity index (χ1v) is 11.6. The van der Waals surface area contributed by atoms with Gasteiger partial charge in [0.15, 0.2) is 0 Å². The summed E-state index contributed by atoms with van der Waals surface area (Å²) < 4.78 is 10.8. The van der Waals surface area contributed by atoms with Gasteiger partial charge < -0.3 is 14.8 Å². The zero-order chi connectivity index (χ0) is 22.6. The summed E-state index contributed by atoms with van der Waals surface area (Å²) in [4.78, 5) is 17.1. The third kappa shape index (κ3) is 7.71. The topological polar surface area (TPSA) is 54.0 Å². The Labute approximate surface area is 192 Å². The van der Waals surface area contributed by atoms with Crippen molar-refractivity contribution in [2.24, 2.45) is 0 Å². The number of nitrogens with one attached hydrogen (secondary N) is 1. The van der Waals surface area contributed by atoms with Gasteiger partial charge in [0, 0.05) is 44.9 Å². The molecule has 1 aliphatic rings. The highest BCUT2D eigenvalue weighted by molar-refractivity contribution is 5.94. The molecule has 1 heterocycles. The normalized spacial score (nSPS) is 17.5. The summed E-state index contributed by atoms with van der Waals surface area (Å²) in [5.41, 5.74) is 2.06. The second-order valence-electron chi connectivity index (χ2n) is 8.48. The predicted octanol–water partition coefficient (Wildman–Crippen LogP) is 3.56. The van der Waals surface area contributed by atoms with Crippen LogP contribution in [0.1, 0.15) is 41.2 Å². The summed E-state index contributed by atoms with van der Waals surface area (Å²) in [6.45, 7) is 5.03. The molecule has 1 saturated heterocycles. The molecule has 2 atom stereocenters. The molecule has 6 heteroatoms.